The highest BCUT2D eigenvalue weighted by Gasteiger charge is 2.23. The first-order valence-electron chi connectivity index (χ1n) is 6.72. The Labute approximate surface area is 124 Å². The zero-order valence-corrected chi connectivity index (χ0v) is 12.4. The molecule has 0 aliphatic carbocycles. The summed E-state index contributed by atoms with van der Waals surface area (Å²) in [6.07, 6.45) is 0. The average molecular weight is 279 g/mol. The summed E-state index contributed by atoms with van der Waals surface area (Å²) in [6.45, 7) is 3.82. The van der Waals surface area contributed by atoms with E-state index in [1.165, 1.54) is 0 Å². The second-order valence-electron chi connectivity index (χ2n) is 5.02. The molecule has 1 unspecified atom stereocenters. The quantitative estimate of drug-likeness (QED) is 0.800. The summed E-state index contributed by atoms with van der Waals surface area (Å²) in [5, 5.41) is 9.40. The lowest BCUT2D eigenvalue weighted by molar-refractivity contribution is 0.0978. The molecule has 0 saturated heterocycles. The van der Waals surface area contributed by atoms with E-state index in [1.54, 1.807) is 31.4 Å². The Bertz CT molecular complexity index is 696. The highest BCUT2D eigenvalue weighted by molar-refractivity contribution is 6.04. The van der Waals surface area contributed by atoms with E-state index in [4.69, 9.17) is 4.74 Å². The molecule has 0 aromatic heterocycles. The van der Waals surface area contributed by atoms with Gasteiger partial charge in [-0.15, -0.1) is 0 Å². The number of nitrogens with zero attached hydrogens (tertiary/aromatic N) is 1. The number of methoxy groups -OCH3 is 1. The Morgan fingerprint density at radius 1 is 1.14 bits per heavy atom. The molecule has 2 aromatic carbocycles. The van der Waals surface area contributed by atoms with Gasteiger partial charge in [0.15, 0.2) is 5.78 Å². The molecule has 0 spiro atoms. The minimum absolute atomic E-state index is 0.163. The van der Waals surface area contributed by atoms with Crippen molar-refractivity contribution in [3.05, 3.63) is 64.7 Å². The van der Waals surface area contributed by atoms with E-state index in [-0.39, 0.29) is 5.78 Å². The molecule has 1 atom stereocenters. The highest BCUT2D eigenvalue weighted by Crippen LogP contribution is 2.24. The maximum absolute atomic E-state index is 12.7. The summed E-state index contributed by atoms with van der Waals surface area (Å²) in [5.74, 6) is -0.255. The van der Waals surface area contributed by atoms with Crippen LogP contribution in [0.25, 0.3) is 0 Å². The maximum atomic E-state index is 12.7. The van der Waals surface area contributed by atoms with Crippen LogP contribution in [0, 0.1) is 25.2 Å². The normalized spacial score (nSPS) is 11.5. The summed E-state index contributed by atoms with van der Waals surface area (Å²) in [6, 6.07) is 14.9. The van der Waals surface area contributed by atoms with Gasteiger partial charge in [0.25, 0.3) is 0 Å². The van der Waals surface area contributed by atoms with Crippen LogP contribution in [-0.2, 0) is 0 Å². The topological polar surface area (TPSA) is 50.1 Å². The zero-order valence-electron chi connectivity index (χ0n) is 12.4. The zero-order chi connectivity index (χ0) is 15.4. The lowest BCUT2D eigenvalue weighted by atomic mass is 9.89. The molecule has 0 saturated carbocycles. The smallest absolute Gasteiger partial charge is 0.184 e. The first-order valence-corrected chi connectivity index (χ1v) is 6.72. The van der Waals surface area contributed by atoms with Crippen LogP contribution in [-0.4, -0.2) is 12.9 Å². The van der Waals surface area contributed by atoms with Crippen LogP contribution in [0.1, 0.15) is 33.0 Å². The van der Waals surface area contributed by atoms with Gasteiger partial charge < -0.3 is 4.74 Å². The van der Waals surface area contributed by atoms with Gasteiger partial charge in [-0.25, -0.2) is 0 Å². The van der Waals surface area contributed by atoms with Gasteiger partial charge in [0.05, 0.1) is 13.2 Å². The number of ketones is 1. The first-order chi connectivity index (χ1) is 10.1. The van der Waals surface area contributed by atoms with E-state index >= 15 is 0 Å². The van der Waals surface area contributed by atoms with E-state index in [9.17, 15) is 10.1 Å². The van der Waals surface area contributed by atoms with Crippen LogP contribution in [0.4, 0.5) is 0 Å². The second-order valence-corrected chi connectivity index (χ2v) is 5.02. The van der Waals surface area contributed by atoms with Gasteiger partial charge in [0, 0.05) is 5.56 Å². The lowest BCUT2D eigenvalue weighted by Crippen LogP contribution is -2.13. The van der Waals surface area contributed by atoms with Gasteiger partial charge >= 0.3 is 0 Å². The fourth-order valence-electron chi connectivity index (χ4n) is 2.24. The molecule has 0 N–H and O–H groups in total. The second kappa shape index (κ2) is 6.23. The molecule has 0 fully saturated rings. The fraction of sp³-hybridized carbons (Fsp3) is 0.222. The minimum atomic E-state index is -0.795. The van der Waals surface area contributed by atoms with Gasteiger partial charge in [0.2, 0.25) is 0 Å². The highest BCUT2D eigenvalue weighted by atomic mass is 16.5. The van der Waals surface area contributed by atoms with Gasteiger partial charge in [-0.3, -0.25) is 4.79 Å². The summed E-state index contributed by atoms with van der Waals surface area (Å²) in [7, 11) is 1.58. The SMILES string of the molecule is COc1ccc(C(C#N)C(=O)c2cc(C)ccc2C)cc1. The summed E-state index contributed by atoms with van der Waals surface area (Å²) in [5.41, 5.74) is 3.19. The summed E-state index contributed by atoms with van der Waals surface area (Å²) >= 11 is 0. The molecule has 3 heteroatoms. The van der Waals surface area contributed by atoms with Crippen molar-refractivity contribution in [2.75, 3.05) is 7.11 Å². The van der Waals surface area contributed by atoms with E-state index in [1.807, 2.05) is 32.0 Å². The van der Waals surface area contributed by atoms with Crippen molar-refractivity contribution in [3.8, 4) is 11.8 Å². The van der Waals surface area contributed by atoms with Crippen molar-refractivity contribution in [2.24, 2.45) is 0 Å². The monoisotopic (exact) mass is 279 g/mol. The van der Waals surface area contributed by atoms with Gasteiger partial charge in [0.1, 0.15) is 11.7 Å². The number of aryl methyl sites for hydroxylation is 2. The predicted molar refractivity (Wildman–Crippen MR) is 81.6 cm³/mol. The standard InChI is InChI=1S/C18H17NO2/c1-12-4-5-13(2)16(10-12)18(20)17(11-19)14-6-8-15(21-3)9-7-14/h4-10,17H,1-3H3. The Balaban J connectivity index is 2.38. The number of rotatable bonds is 4. The number of ether oxygens (including phenoxy) is 1. The van der Waals surface area contributed by atoms with Crippen LogP contribution >= 0.6 is 0 Å². The third-order valence-corrected chi connectivity index (χ3v) is 3.50. The summed E-state index contributed by atoms with van der Waals surface area (Å²) in [4.78, 5) is 12.7. The third kappa shape index (κ3) is 3.11. The molecule has 0 aliphatic heterocycles. The Kier molecular flexibility index (Phi) is 4.39. The lowest BCUT2D eigenvalue weighted by Gasteiger charge is -2.12. The molecule has 0 radical (unpaired) electrons. The number of Topliss-reactive ketones (excluding diaryl/α,β-unsaturated/α-hetero) is 1. The number of hydrogen-bond donors (Lipinski definition) is 0. The van der Waals surface area contributed by atoms with E-state index in [0.717, 1.165) is 11.1 Å². The molecular formula is C18H17NO2. The fourth-order valence-corrected chi connectivity index (χ4v) is 2.24. The van der Waals surface area contributed by atoms with Crippen molar-refractivity contribution in [2.45, 2.75) is 19.8 Å². The predicted octanol–water partition coefficient (Wildman–Crippen LogP) is 3.80. The van der Waals surface area contributed by atoms with Crippen molar-refractivity contribution in [3.63, 3.8) is 0 Å². The average Bonchev–Trinajstić information content (AvgIpc) is 2.51. The molecule has 0 heterocycles. The molecule has 106 valence electrons. The van der Waals surface area contributed by atoms with Crippen LogP contribution in [0.2, 0.25) is 0 Å². The Hall–Kier alpha value is -2.60. The van der Waals surface area contributed by atoms with Gasteiger partial charge in [-0.2, -0.15) is 5.26 Å². The van der Waals surface area contributed by atoms with Crippen molar-refractivity contribution in [1.82, 2.24) is 0 Å². The number of carbonyl (C=O) groups is 1. The van der Waals surface area contributed by atoms with Crippen LogP contribution < -0.4 is 4.74 Å². The molecule has 0 amide bonds. The largest absolute Gasteiger partial charge is 0.497 e. The van der Waals surface area contributed by atoms with E-state index in [2.05, 4.69) is 6.07 Å². The number of benzene rings is 2. The van der Waals surface area contributed by atoms with Crippen molar-refractivity contribution >= 4 is 5.78 Å². The Morgan fingerprint density at radius 3 is 2.38 bits per heavy atom. The third-order valence-electron chi connectivity index (χ3n) is 3.50. The summed E-state index contributed by atoms with van der Waals surface area (Å²) < 4.78 is 5.09. The number of nitriles is 1. The molecule has 2 rings (SSSR count). The molecule has 0 aliphatic rings. The molecule has 3 nitrogen and oxygen atoms in total. The first kappa shape index (κ1) is 14.8. The van der Waals surface area contributed by atoms with Crippen LogP contribution in [0.3, 0.4) is 0 Å². The van der Waals surface area contributed by atoms with Gasteiger partial charge in [-0.1, -0.05) is 29.8 Å². The van der Waals surface area contributed by atoms with E-state index < -0.39 is 5.92 Å². The van der Waals surface area contributed by atoms with E-state index in [0.29, 0.717) is 16.9 Å². The van der Waals surface area contributed by atoms with Crippen LogP contribution in [0.15, 0.2) is 42.5 Å². The molecule has 21 heavy (non-hydrogen) atoms. The van der Waals surface area contributed by atoms with Gasteiger partial charge in [-0.05, 0) is 43.2 Å². The molecular weight excluding hydrogens is 262 g/mol. The van der Waals surface area contributed by atoms with Crippen LogP contribution in [0.5, 0.6) is 5.75 Å². The number of hydrogen-bond acceptors (Lipinski definition) is 3. The maximum Gasteiger partial charge on any atom is 0.184 e. The molecule has 0 bridgehead atoms. The molecule has 2 aromatic rings. The number of carbonyl (C=O) groups excluding carboxylic acids is 1. The van der Waals surface area contributed by atoms with Crippen molar-refractivity contribution < 1.29 is 9.53 Å². The Morgan fingerprint density at radius 2 is 1.81 bits per heavy atom. The minimum Gasteiger partial charge on any atom is -0.497 e. The van der Waals surface area contributed by atoms with Crippen molar-refractivity contribution in [1.29, 1.82) is 5.26 Å².